The first kappa shape index (κ1) is 18.3. The van der Waals surface area contributed by atoms with E-state index >= 15 is 0 Å². The van der Waals surface area contributed by atoms with Crippen molar-refractivity contribution in [3.05, 3.63) is 46.5 Å². The fourth-order valence-corrected chi connectivity index (χ4v) is 1.38. The molecule has 0 radical (unpaired) electrons. The van der Waals surface area contributed by atoms with E-state index in [1.165, 1.54) is 11.1 Å². The van der Waals surface area contributed by atoms with Crippen LogP contribution in [0.4, 0.5) is 0 Å². The first-order chi connectivity index (χ1) is 7.88. The summed E-state index contributed by atoms with van der Waals surface area (Å²) in [5.41, 5.74) is 5.34. The van der Waals surface area contributed by atoms with Crippen LogP contribution in [0, 0.1) is 20.8 Å². The number of hydrogen-bond donors (Lipinski definition) is 1. The van der Waals surface area contributed by atoms with Gasteiger partial charge in [0.05, 0.1) is 0 Å². The highest BCUT2D eigenvalue weighted by atomic mass is 32.1. The second-order valence-corrected chi connectivity index (χ2v) is 4.14. The van der Waals surface area contributed by atoms with E-state index in [9.17, 15) is 4.79 Å². The SMILES string of the molecule is C=C(C)C.CS.Cc1cc(C)c(C=O)c(C)c1. The Hall–Kier alpha value is -1.02. The van der Waals surface area contributed by atoms with E-state index in [1.54, 1.807) is 6.26 Å². The number of thiol groups is 1. The first-order valence-electron chi connectivity index (χ1n) is 5.48. The van der Waals surface area contributed by atoms with Crippen molar-refractivity contribution in [2.75, 3.05) is 6.26 Å². The molecule has 0 heterocycles. The van der Waals surface area contributed by atoms with E-state index in [-0.39, 0.29) is 0 Å². The molecular formula is C15H24OS. The van der Waals surface area contributed by atoms with Crippen LogP contribution in [0.25, 0.3) is 0 Å². The van der Waals surface area contributed by atoms with Crippen molar-refractivity contribution in [3.8, 4) is 0 Å². The molecule has 0 spiro atoms. The first-order valence-corrected chi connectivity index (χ1v) is 6.37. The number of rotatable bonds is 1. The van der Waals surface area contributed by atoms with Gasteiger partial charge in [-0.3, -0.25) is 4.79 Å². The Morgan fingerprint density at radius 2 is 1.41 bits per heavy atom. The molecule has 2 heteroatoms. The molecule has 1 aromatic carbocycles. The van der Waals surface area contributed by atoms with Gasteiger partial charge in [0, 0.05) is 5.56 Å². The molecule has 96 valence electrons. The molecular weight excluding hydrogens is 228 g/mol. The van der Waals surface area contributed by atoms with Crippen molar-refractivity contribution < 1.29 is 4.79 Å². The van der Waals surface area contributed by atoms with Gasteiger partial charge in [-0.25, -0.2) is 0 Å². The smallest absolute Gasteiger partial charge is 0.150 e. The van der Waals surface area contributed by atoms with Crippen LogP contribution in [-0.2, 0) is 0 Å². The van der Waals surface area contributed by atoms with Gasteiger partial charge in [-0.1, -0.05) is 23.3 Å². The summed E-state index contributed by atoms with van der Waals surface area (Å²) in [7, 11) is 0. The summed E-state index contributed by atoms with van der Waals surface area (Å²) in [6.07, 6.45) is 2.62. The van der Waals surface area contributed by atoms with Crippen molar-refractivity contribution in [3.63, 3.8) is 0 Å². The predicted octanol–water partition coefficient (Wildman–Crippen LogP) is 4.55. The van der Waals surface area contributed by atoms with Crippen LogP contribution in [0.1, 0.15) is 40.9 Å². The maximum atomic E-state index is 10.6. The molecule has 17 heavy (non-hydrogen) atoms. The maximum absolute atomic E-state index is 10.6. The molecule has 0 unspecified atom stereocenters. The van der Waals surface area contributed by atoms with Crippen LogP contribution < -0.4 is 0 Å². The molecule has 0 amide bonds. The zero-order valence-corrected chi connectivity index (χ0v) is 12.7. The molecule has 0 N–H and O–H groups in total. The van der Waals surface area contributed by atoms with E-state index in [4.69, 9.17) is 0 Å². The van der Waals surface area contributed by atoms with E-state index in [0.29, 0.717) is 0 Å². The third-order valence-corrected chi connectivity index (χ3v) is 1.86. The molecule has 0 atom stereocenters. The fraction of sp³-hybridized carbons (Fsp3) is 0.400. The average Bonchev–Trinajstić information content (AvgIpc) is 2.19. The molecule has 0 aliphatic heterocycles. The van der Waals surface area contributed by atoms with Gasteiger partial charge in [-0.05, 0) is 52.0 Å². The minimum atomic E-state index is 0.829. The number of allylic oxidation sites excluding steroid dienone is 1. The molecule has 0 saturated carbocycles. The Labute approximate surface area is 111 Å². The van der Waals surface area contributed by atoms with Crippen LogP contribution in [0.3, 0.4) is 0 Å². The van der Waals surface area contributed by atoms with Gasteiger partial charge in [-0.15, -0.1) is 6.58 Å². The van der Waals surface area contributed by atoms with Gasteiger partial charge in [0.15, 0.2) is 6.29 Å². The molecule has 1 nitrogen and oxygen atoms in total. The topological polar surface area (TPSA) is 17.1 Å². The molecule has 1 rings (SSSR count). The number of aldehydes is 1. The van der Waals surface area contributed by atoms with Gasteiger partial charge in [0.2, 0.25) is 0 Å². The number of carbonyl (C=O) groups excluding carboxylic acids is 1. The van der Waals surface area contributed by atoms with Crippen molar-refractivity contribution in [1.82, 2.24) is 0 Å². The minimum absolute atomic E-state index is 0.829. The van der Waals surface area contributed by atoms with Crippen molar-refractivity contribution in [2.45, 2.75) is 34.6 Å². The zero-order chi connectivity index (χ0) is 14.0. The number of aryl methyl sites for hydroxylation is 3. The summed E-state index contributed by atoms with van der Waals surface area (Å²) in [6.45, 7) is 13.5. The van der Waals surface area contributed by atoms with E-state index in [0.717, 1.165) is 23.0 Å². The molecule has 0 aromatic heterocycles. The van der Waals surface area contributed by atoms with Gasteiger partial charge in [0.1, 0.15) is 0 Å². The predicted molar refractivity (Wildman–Crippen MR) is 81.4 cm³/mol. The Morgan fingerprint density at radius 3 is 1.65 bits per heavy atom. The number of benzene rings is 1. The fourth-order valence-electron chi connectivity index (χ4n) is 1.38. The lowest BCUT2D eigenvalue weighted by Crippen LogP contribution is -1.91. The Morgan fingerprint density at radius 1 is 1.12 bits per heavy atom. The Balaban J connectivity index is 0. The quantitative estimate of drug-likeness (QED) is 0.441. The third kappa shape index (κ3) is 8.75. The van der Waals surface area contributed by atoms with Crippen LogP contribution in [0.5, 0.6) is 0 Å². The zero-order valence-electron chi connectivity index (χ0n) is 11.8. The lowest BCUT2D eigenvalue weighted by atomic mass is 10.0. The van der Waals surface area contributed by atoms with Crippen LogP contribution in [0.2, 0.25) is 0 Å². The largest absolute Gasteiger partial charge is 0.298 e. The summed E-state index contributed by atoms with van der Waals surface area (Å²) in [5.74, 6) is 0. The highest BCUT2D eigenvalue weighted by molar-refractivity contribution is 7.79. The summed E-state index contributed by atoms with van der Waals surface area (Å²) < 4.78 is 0. The number of hydrogen-bond acceptors (Lipinski definition) is 2. The van der Waals surface area contributed by atoms with Gasteiger partial charge < -0.3 is 0 Å². The van der Waals surface area contributed by atoms with E-state index in [1.807, 2.05) is 46.8 Å². The Kier molecular flexibility index (Phi) is 11.0. The summed E-state index contributed by atoms with van der Waals surface area (Å²) in [5, 5.41) is 0. The van der Waals surface area contributed by atoms with Gasteiger partial charge >= 0.3 is 0 Å². The monoisotopic (exact) mass is 252 g/mol. The molecule has 1 aromatic rings. The summed E-state index contributed by atoms with van der Waals surface area (Å²) in [4.78, 5) is 10.6. The Bertz CT molecular complexity index is 340. The molecule has 0 bridgehead atoms. The van der Waals surface area contributed by atoms with Gasteiger partial charge in [0.25, 0.3) is 0 Å². The van der Waals surface area contributed by atoms with E-state index in [2.05, 4.69) is 19.2 Å². The van der Waals surface area contributed by atoms with Gasteiger partial charge in [-0.2, -0.15) is 12.6 Å². The highest BCUT2D eigenvalue weighted by Crippen LogP contribution is 2.13. The van der Waals surface area contributed by atoms with Crippen LogP contribution >= 0.6 is 12.6 Å². The molecule has 0 fully saturated rings. The normalized spacial score (nSPS) is 8.18. The summed E-state index contributed by atoms with van der Waals surface area (Å²) in [6, 6.07) is 4.05. The average molecular weight is 252 g/mol. The van der Waals surface area contributed by atoms with E-state index < -0.39 is 0 Å². The van der Waals surface area contributed by atoms with Crippen molar-refractivity contribution >= 4 is 18.9 Å². The highest BCUT2D eigenvalue weighted by Gasteiger charge is 2.00. The third-order valence-electron chi connectivity index (χ3n) is 1.86. The lowest BCUT2D eigenvalue weighted by Gasteiger charge is -2.03. The molecule has 0 saturated heterocycles. The van der Waals surface area contributed by atoms with Crippen LogP contribution in [0.15, 0.2) is 24.3 Å². The molecule has 0 aliphatic carbocycles. The standard InChI is InChI=1S/C10H12O.C4H8.CH4S/c1-7-4-8(2)10(6-11)9(3)5-7;1-4(2)3;1-2/h4-6H,1-3H3;1H2,2-3H3;2H,1H3. The lowest BCUT2D eigenvalue weighted by molar-refractivity contribution is 0.112. The second-order valence-electron chi connectivity index (χ2n) is 4.14. The van der Waals surface area contributed by atoms with Crippen molar-refractivity contribution in [1.29, 1.82) is 0 Å². The maximum Gasteiger partial charge on any atom is 0.150 e. The number of carbonyl (C=O) groups is 1. The minimum Gasteiger partial charge on any atom is -0.298 e. The summed E-state index contributed by atoms with van der Waals surface area (Å²) >= 11 is 3.53. The van der Waals surface area contributed by atoms with Crippen LogP contribution in [-0.4, -0.2) is 12.5 Å². The molecule has 0 aliphatic rings. The second kappa shape index (κ2) is 10.2. The van der Waals surface area contributed by atoms with Crippen molar-refractivity contribution in [2.24, 2.45) is 0 Å².